The molecule has 0 amide bonds. The van der Waals surface area contributed by atoms with E-state index in [0.717, 1.165) is 18.2 Å². The van der Waals surface area contributed by atoms with Crippen molar-refractivity contribution in [1.82, 2.24) is 0 Å². The van der Waals surface area contributed by atoms with Crippen molar-refractivity contribution < 1.29 is 37.1 Å². The van der Waals surface area contributed by atoms with Gasteiger partial charge in [0.1, 0.15) is 22.8 Å². The van der Waals surface area contributed by atoms with Crippen LogP contribution < -0.4 is 4.74 Å². The largest absolute Gasteiger partial charge is 0.507 e. The molecule has 0 spiro atoms. The maximum atomic E-state index is 11.8. The summed E-state index contributed by atoms with van der Waals surface area (Å²) in [5, 5.41) is 18.3. The van der Waals surface area contributed by atoms with Gasteiger partial charge in [-0.05, 0) is 17.7 Å². The lowest BCUT2D eigenvalue weighted by atomic mass is 10.2. The summed E-state index contributed by atoms with van der Waals surface area (Å²) in [6, 6.07) is 11.4. The van der Waals surface area contributed by atoms with Crippen molar-refractivity contribution in [2.45, 2.75) is 5.75 Å². The standard InChI is InChI=1S/C16H14O8S/c17-14-8-12(6-7-13(14)16(19)20)24-15(18)9-23-25(21,22)10-11-4-2-1-3-5-11/h1-8,17H,9-10H2,(H,19,20). The van der Waals surface area contributed by atoms with Crippen LogP contribution in [0.3, 0.4) is 0 Å². The first kappa shape index (κ1) is 18.4. The highest BCUT2D eigenvalue weighted by molar-refractivity contribution is 7.85. The van der Waals surface area contributed by atoms with Gasteiger partial charge in [0.2, 0.25) is 0 Å². The van der Waals surface area contributed by atoms with Crippen molar-refractivity contribution in [3.05, 3.63) is 59.7 Å². The molecule has 0 aliphatic carbocycles. The fraction of sp³-hybridized carbons (Fsp3) is 0.125. The Kier molecular flexibility index (Phi) is 5.73. The highest BCUT2D eigenvalue weighted by Crippen LogP contribution is 2.23. The topological polar surface area (TPSA) is 127 Å². The number of carbonyl (C=O) groups excluding carboxylic acids is 1. The Balaban J connectivity index is 1.92. The molecule has 9 heteroatoms. The third-order valence-corrected chi connectivity index (χ3v) is 4.14. The molecule has 0 saturated carbocycles. The monoisotopic (exact) mass is 366 g/mol. The highest BCUT2D eigenvalue weighted by atomic mass is 32.2. The Morgan fingerprint density at radius 1 is 1.04 bits per heavy atom. The number of rotatable bonds is 7. The second-order valence-electron chi connectivity index (χ2n) is 4.91. The molecule has 0 radical (unpaired) electrons. The second kappa shape index (κ2) is 7.77. The Labute approximate surface area is 143 Å². The van der Waals surface area contributed by atoms with E-state index in [4.69, 9.17) is 9.84 Å². The van der Waals surface area contributed by atoms with Gasteiger partial charge in [0.25, 0.3) is 10.1 Å². The predicted molar refractivity (Wildman–Crippen MR) is 85.7 cm³/mol. The zero-order valence-electron chi connectivity index (χ0n) is 12.8. The van der Waals surface area contributed by atoms with Crippen molar-refractivity contribution in [2.75, 3.05) is 6.61 Å². The molecule has 0 aliphatic rings. The molecular weight excluding hydrogens is 352 g/mol. The lowest BCUT2D eigenvalue weighted by Gasteiger charge is -2.07. The molecule has 0 fully saturated rings. The van der Waals surface area contributed by atoms with Gasteiger partial charge in [0.15, 0.2) is 6.61 Å². The molecule has 0 aromatic heterocycles. The lowest BCUT2D eigenvalue weighted by molar-refractivity contribution is -0.136. The van der Waals surface area contributed by atoms with Crippen molar-refractivity contribution in [3.8, 4) is 11.5 Å². The van der Waals surface area contributed by atoms with Crippen LogP contribution in [0.15, 0.2) is 48.5 Å². The Morgan fingerprint density at radius 3 is 2.32 bits per heavy atom. The van der Waals surface area contributed by atoms with Crippen LogP contribution in [-0.2, 0) is 24.8 Å². The van der Waals surface area contributed by atoms with Gasteiger partial charge in [-0.2, -0.15) is 8.42 Å². The van der Waals surface area contributed by atoms with Gasteiger partial charge in [-0.3, -0.25) is 4.18 Å². The SMILES string of the molecule is O=C(COS(=O)(=O)Cc1ccccc1)Oc1ccc(C(=O)O)c(O)c1. The van der Waals surface area contributed by atoms with Crippen LogP contribution in [0.4, 0.5) is 0 Å². The number of esters is 1. The number of carboxylic acid groups (broad SMARTS) is 1. The number of hydrogen-bond acceptors (Lipinski definition) is 7. The van der Waals surface area contributed by atoms with Gasteiger partial charge < -0.3 is 14.9 Å². The van der Waals surface area contributed by atoms with Crippen molar-refractivity contribution >= 4 is 22.1 Å². The number of benzene rings is 2. The van der Waals surface area contributed by atoms with Crippen molar-refractivity contribution in [1.29, 1.82) is 0 Å². The summed E-state index contributed by atoms with van der Waals surface area (Å²) in [7, 11) is -3.98. The van der Waals surface area contributed by atoms with E-state index >= 15 is 0 Å². The van der Waals surface area contributed by atoms with Gasteiger partial charge in [-0.25, -0.2) is 9.59 Å². The molecule has 0 heterocycles. The number of ether oxygens (including phenoxy) is 1. The average molecular weight is 366 g/mol. The summed E-state index contributed by atoms with van der Waals surface area (Å²) in [6.45, 7) is -0.851. The fourth-order valence-corrected chi connectivity index (χ4v) is 2.83. The predicted octanol–water partition coefficient (Wildman–Crippen LogP) is 1.54. The first-order chi connectivity index (χ1) is 11.8. The molecular formula is C16H14O8S. The van der Waals surface area contributed by atoms with Crippen LogP contribution in [-0.4, -0.2) is 37.2 Å². The molecule has 0 unspecified atom stereocenters. The summed E-state index contributed by atoms with van der Waals surface area (Å²) in [4.78, 5) is 22.4. The van der Waals surface area contributed by atoms with Crippen LogP contribution in [0.5, 0.6) is 11.5 Å². The number of hydrogen-bond donors (Lipinski definition) is 2. The number of aromatic carboxylic acids is 1. The molecule has 0 bridgehead atoms. The van der Waals surface area contributed by atoms with E-state index in [0.29, 0.717) is 5.56 Å². The first-order valence-corrected chi connectivity index (χ1v) is 8.52. The zero-order chi connectivity index (χ0) is 18.4. The van der Waals surface area contributed by atoms with Crippen LogP contribution in [0.25, 0.3) is 0 Å². The van der Waals surface area contributed by atoms with Crippen molar-refractivity contribution in [3.63, 3.8) is 0 Å². The maximum Gasteiger partial charge on any atom is 0.339 e. The third kappa shape index (κ3) is 5.59. The molecule has 8 nitrogen and oxygen atoms in total. The smallest absolute Gasteiger partial charge is 0.339 e. The highest BCUT2D eigenvalue weighted by Gasteiger charge is 2.17. The number of carbonyl (C=O) groups is 2. The molecule has 0 saturated heterocycles. The van der Waals surface area contributed by atoms with Crippen LogP contribution in [0.1, 0.15) is 15.9 Å². The minimum Gasteiger partial charge on any atom is -0.507 e. The summed E-state index contributed by atoms with van der Waals surface area (Å²) < 4.78 is 33.0. The van der Waals surface area contributed by atoms with E-state index in [1.165, 1.54) is 0 Å². The van der Waals surface area contributed by atoms with Gasteiger partial charge >= 0.3 is 11.9 Å². The molecule has 0 aliphatic heterocycles. The third-order valence-electron chi connectivity index (χ3n) is 2.97. The molecule has 132 valence electrons. The molecule has 25 heavy (non-hydrogen) atoms. The molecule has 0 atom stereocenters. The van der Waals surface area contributed by atoms with E-state index < -0.39 is 40.2 Å². The second-order valence-corrected chi connectivity index (χ2v) is 6.55. The summed E-state index contributed by atoms with van der Waals surface area (Å²) >= 11 is 0. The van der Waals surface area contributed by atoms with Gasteiger partial charge in [0, 0.05) is 6.07 Å². The van der Waals surface area contributed by atoms with E-state index in [1.807, 2.05) is 0 Å². The maximum absolute atomic E-state index is 11.8. The average Bonchev–Trinajstić information content (AvgIpc) is 2.53. The fourth-order valence-electron chi connectivity index (χ4n) is 1.87. The van der Waals surface area contributed by atoms with E-state index in [2.05, 4.69) is 4.18 Å². The Morgan fingerprint density at radius 2 is 1.72 bits per heavy atom. The van der Waals surface area contributed by atoms with E-state index in [1.54, 1.807) is 30.3 Å². The molecule has 2 rings (SSSR count). The van der Waals surface area contributed by atoms with E-state index in [9.17, 15) is 23.1 Å². The molecule has 2 aromatic carbocycles. The Bertz CT molecular complexity index is 874. The minimum atomic E-state index is -3.98. The summed E-state index contributed by atoms with van der Waals surface area (Å²) in [5.74, 6) is -3.48. The molecule has 2 N–H and O–H groups in total. The first-order valence-electron chi connectivity index (χ1n) is 6.95. The number of aromatic hydroxyl groups is 1. The van der Waals surface area contributed by atoms with Crippen LogP contribution >= 0.6 is 0 Å². The normalized spacial score (nSPS) is 11.0. The minimum absolute atomic E-state index is 0.142. The quantitative estimate of drug-likeness (QED) is 0.429. The summed E-state index contributed by atoms with van der Waals surface area (Å²) in [5.41, 5.74) is 0.145. The van der Waals surface area contributed by atoms with E-state index in [-0.39, 0.29) is 11.3 Å². The molecule has 2 aromatic rings. The van der Waals surface area contributed by atoms with Gasteiger partial charge in [-0.15, -0.1) is 0 Å². The van der Waals surface area contributed by atoms with Crippen molar-refractivity contribution in [2.24, 2.45) is 0 Å². The van der Waals surface area contributed by atoms with Crippen LogP contribution in [0, 0.1) is 0 Å². The zero-order valence-corrected chi connectivity index (χ0v) is 13.6. The Hall–Kier alpha value is -2.91. The number of phenols is 1. The summed E-state index contributed by atoms with van der Waals surface area (Å²) in [6.07, 6.45) is 0. The number of carboxylic acids is 1. The van der Waals surface area contributed by atoms with Gasteiger partial charge in [0.05, 0.1) is 0 Å². The lowest BCUT2D eigenvalue weighted by Crippen LogP contribution is -2.20. The van der Waals surface area contributed by atoms with Gasteiger partial charge in [-0.1, -0.05) is 30.3 Å². The van der Waals surface area contributed by atoms with Crippen LogP contribution in [0.2, 0.25) is 0 Å².